The minimum Gasteiger partial charge on any atom is -0.330 e. The summed E-state index contributed by atoms with van der Waals surface area (Å²) in [4.78, 5) is 12.0. The number of ketones is 1. The summed E-state index contributed by atoms with van der Waals surface area (Å²) in [5, 5.41) is 0. The predicted molar refractivity (Wildman–Crippen MR) is 58.2 cm³/mol. The van der Waals surface area contributed by atoms with Crippen molar-refractivity contribution in [3.63, 3.8) is 0 Å². The molecule has 0 aliphatic heterocycles. The van der Waals surface area contributed by atoms with Crippen LogP contribution in [0.15, 0.2) is 24.3 Å². The van der Waals surface area contributed by atoms with Gasteiger partial charge < -0.3 is 5.73 Å². The fraction of sp³-hybridized carbons (Fsp3) is 0.417. The second-order valence-electron chi connectivity index (χ2n) is 4.23. The van der Waals surface area contributed by atoms with E-state index < -0.39 is 11.2 Å². The third-order valence-electron chi connectivity index (χ3n) is 2.50. The van der Waals surface area contributed by atoms with Gasteiger partial charge in [-0.05, 0) is 25.1 Å². The van der Waals surface area contributed by atoms with Crippen molar-refractivity contribution in [3.8, 4) is 0 Å². The minimum absolute atomic E-state index is 0.149. The van der Waals surface area contributed by atoms with Gasteiger partial charge in [-0.15, -0.1) is 0 Å². The van der Waals surface area contributed by atoms with Crippen molar-refractivity contribution in [1.29, 1.82) is 0 Å². The van der Waals surface area contributed by atoms with Crippen molar-refractivity contribution in [3.05, 3.63) is 35.6 Å². The summed E-state index contributed by atoms with van der Waals surface area (Å²) < 4.78 is 13.4. The lowest BCUT2D eigenvalue weighted by molar-refractivity contribution is 0.0825. The molecule has 0 radical (unpaired) electrons. The van der Waals surface area contributed by atoms with E-state index in [-0.39, 0.29) is 11.3 Å². The second-order valence-corrected chi connectivity index (χ2v) is 4.23. The molecule has 82 valence electrons. The first-order valence-corrected chi connectivity index (χ1v) is 4.98. The summed E-state index contributed by atoms with van der Waals surface area (Å²) in [6.07, 6.45) is 0.556. The minimum atomic E-state index is -0.600. The SMILES string of the molecule is CC(C)(CCN)C(=O)c1ccccc1F. The van der Waals surface area contributed by atoms with E-state index in [4.69, 9.17) is 5.73 Å². The Labute approximate surface area is 89.3 Å². The van der Waals surface area contributed by atoms with E-state index in [2.05, 4.69) is 0 Å². The van der Waals surface area contributed by atoms with Gasteiger partial charge in [-0.3, -0.25) is 4.79 Å². The lowest BCUT2D eigenvalue weighted by atomic mass is 9.81. The molecule has 0 heterocycles. The van der Waals surface area contributed by atoms with Crippen LogP contribution >= 0.6 is 0 Å². The van der Waals surface area contributed by atoms with Crippen molar-refractivity contribution < 1.29 is 9.18 Å². The fourth-order valence-corrected chi connectivity index (χ4v) is 1.48. The average Bonchev–Trinajstić information content (AvgIpc) is 2.17. The van der Waals surface area contributed by atoms with E-state index in [9.17, 15) is 9.18 Å². The zero-order chi connectivity index (χ0) is 11.5. The Bertz CT molecular complexity index is 360. The number of carbonyl (C=O) groups is 1. The molecule has 0 atom stereocenters. The lowest BCUT2D eigenvalue weighted by Gasteiger charge is -2.22. The third-order valence-corrected chi connectivity index (χ3v) is 2.50. The zero-order valence-corrected chi connectivity index (χ0v) is 9.09. The maximum Gasteiger partial charge on any atom is 0.171 e. The quantitative estimate of drug-likeness (QED) is 0.774. The van der Waals surface area contributed by atoms with E-state index >= 15 is 0 Å². The maximum absolute atomic E-state index is 13.4. The van der Waals surface area contributed by atoms with Gasteiger partial charge in [0.2, 0.25) is 0 Å². The Kier molecular flexibility index (Phi) is 3.58. The van der Waals surface area contributed by atoms with Gasteiger partial charge in [0.05, 0.1) is 5.56 Å². The van der Waals surface area contributed by atoms with E-state index in [1.807, 2.05) is 0 Å². The molecule has 0 fully saturated rings. The predicted octanol–water partition coefficient (Wildman–Crippen LogP) is 2.38. The molecule has 2 nitrogen and oxygen atoms in total. The molecule has 0 aromatic heterocycles. The highest BCUT2D eigenvalue weighted by Crippen LogP contribution is 2.26. The molecular weight excluding hydrogens is 193 g/mol. The van der Waals surface area contributed by atoms with Gasteiger partial charge >= 0.3 is 0 Å². The first kappa shape index (κ1) is 11.9. The Morgan fingerprint density at radius 1 is 1.40 bits per heavy atom. The van der Waals surface area contributed by atoms with Crippen molar-refractivity contribution in [2.75, 3.05) is 6.54 Å². The molecular formula is C12H16FNO. The van der Waals surface area contributed by atoms with Crippen LogP contribution in [0.5, 0.6) is 0 Å². The van der Waals surface area contributed by atoms with Gasteiger partial charge in [0, 0.05) is 5.41 Å². The molecule has 15 heavy (non-hydrogen) atoms. The fourth-order valence-electron chi connectivity index (χ4n) is 1.48. The van der Waals surface area contributed by atoms with Crippen LogP contribution in [0, 0.1) is 11.2 Å². The molecule has 0 bridgehead atoms. The maximum atomic E-state index is 13.4. The summed E-state index contributed by atoms with van der Waals surface area (Å²) in [6, 6.07) is 6.04. The van der Waals surface area contributed by atoms with Gasteiger partial charge in [0.25, 0.3) is 0 Å². The van der Waals surface area contributed by atoms with Crippen molar-refractivity contribution in [2.45, 2.75) is 20.3 Å². The Morgan fingerprint density at radius 2 is 2.00 bits per heavy atom. The highest BCUT2D eigenvalue weighted by atomic mass is 19.1. The van der Waals surface area contributed by atoms with Crippen LogP contribution in [0.1, 0.15) is 30.6 Å². The number of Topliss-reactive ketones (excluding diaryl/α,β-unsaturated/α-hetero) is 1. The van der Waals surface area contributed by atoms with Crippen LogP contribution in [0.2, 0.25) is 0 Å². The van der Waals surface area contributed by atoms with Crippen LogP contribution in [-0.2, 0) is 0 Å². The molecule has 0 saturated heterocycles. The Balaban J connectivity index is 2.99. The molecule has 0 aliphatic rings. The van der Waals surface area contributed by atoms with Gasteiger partial charge in [-0.25, -0.2) is 4.39 Å². The van der Waals surface area contributed by atoms with Crippen LogP contribution in [0.25, 0.3) is 0 Å². The number of halogens is 1. The molecule has 0 unspecified atom stereocenters. The van der Waals surface area contributed by atoms with E-state index in [0.717, 1.165) is 0 Å². The molecule has 1 rings (SSSR count). The third kappa shape index (κ3) is 2.63. The van der Waals surface area contributed by atoms with E-state index in [1.165, 1.54) is 12.1 Å². The second kappa shape index (κ2) is 4.53. The van der Waals surface area contributed by atoms with Gasteiger partial charge in [-0.2, -0.15) is 0 Å². The first-order chi connectivity index (χ1) is 6.99. The van der Waals surface area contributed by atoms with Gasteiger partial charge in [0.15, 0.2) is 5.78 Å². The topological polar surface area (TPSA) is 43.1 Å². The Hall–Kier alpha value is -1.22. The lowest BCUT2D eigenvalue weighted by Crippen LogP contribution is -2.28. The molecule has 0 aliphatic carbocycles. The summed E-state index contributed by atoms with van der Waals surface area (Å²) in [5.74, 6) is -0.654. The first-order valence-electron chi connectivity index (χ1n) is 4.98. The summed E-state index contributed by atoms with van der Waals surface area (Å²) in [6.45, 7) is 4.00. The van der Waals surface area contributed by atoms with Crippen LogP contribution in [0.3, 0.4) is 0 Å². The molecule has 1 aromatic rings. The highest BCUT2D eigenvalue weighted by molar-refractivity contribution is 6.00. The standard InChI is InChI=1S/C12H16FNO/c1-12(2,7-8-14)11(15)9-5-3-4-6-10(9)13/h3-6H,7-8,14H2,1-2H3. The van der Waals surface area contributed by atoms with Crippen molar-refractivity contribution >= 4 is 5.78 Å². The number of nitrogens with two attached hydrogens (primary N) is 1. The monoisotopic (exact) mass is 209 g/mol. The van der Waals surface area contributed by atoms with E-state index in [1.54, 1.807) is 26.0 Å². The molecule has 0 saturated carbocycles. The number of rotatable bonds is 4. The molecule has 3 heteroatoms. The molecule has 1 aromatic carbocycles. The summed E-state index contributed by atoms with van der Waals surface area (Å²) >= 11 is 0. The van der Waals surface area contributed by atoms with Crippen LogP contribution in [0.4, 0.5) is 4.39 Å². The smallest absolute Gasteiger partial charge is 0.171 e. The Morgan fingerprint density at radius 3 is 2.53 bits per heavy atom. The summed E-state index contributed by atoms with van der Waals surface area (Å²) in [5.41, 5.74) is 4.97. The molecule has 0 amide bonds. The molecule has 0 spiro atoms. The number of carbonyl (C=O) groups excluding carboxylic acids is 1. The van der Waals surface area contributed by atoms with Crippen LogP contribution in [-0.4, -0.2) is 12.3 Å². The normalized spacial score (nSPS) is 11.5. The van der Waals surface area contributed by atoms with Crippen LogP contribution < -0.4 is 5.73 Å². The number of benzene rings is 1. The van der Waals surface area contributed by atoms with Gasteiger partial charge in [0.1, 0.15) is 5.82 Å². The van der Waals surface area contributed by atoms with Gasteiger partial charge in [-0.1, -0.05) is 26.0 Å². The number of hydrogen-bond donors (Lipinski definition) is 1. The average molecular weight is 209 g/mol. The van der Waals surface area contributed by atoms with Crippen molar-refractivity contribution in [1.82, 2.24) is 0 Å². The summed E-state index contributed by atoms with van der Waals surface area (Å²) in [7, 11) is 0. The number of hydrogen-bond acceptors (Lipinski definition) is 2. The van der Waals surface area contributed by atoms with E-state index in [0.29, 0.717) is 13.0 Å². The highest BCUT2D eigenvalue weighted by Gasteiger charge is 2.29. The largest absolute Gasteiger partial charge is 0.330 e. The molecule has 2 N–H and O–H groups in total. The van der Waals surface area contributed by atoms with Crippen molar-refractivity contribution in [2.24, 2.45) is 11.1 Å². The zero-order valence-electron chi connectivity index (χ0n) is 9.09.